The first-order valence-electron chi connectivity index (χ1n) is 7.36. The molecule has 0 aliphatic carbocycles. The molecule has 8 heteroatoms. The fourth-order valence-corrected chi connectivity index (χ4v) is 2.74. The molecule has 0 atom stereocenters. The zero-order valence-electron chi connectivity index (χ0n) is 14.1. The highest BCUT2D eigenvalue weighted by Gasteiger charge is 2.13. The van der Waals surface area contributed by atoms with Crippen molar-refractivity contribution in [3.8, 4) is 0 Å². The molecule has 132 valence electrons. The minimum Gasteiger partial charge on any atom is -0.357 e. The van der Waals surface area contributed by atoms with Gasteiger partial charge in [-0.05, 0) is 39.8 Å². The third-order valence-electron chi connectivity index (χ3n) is 2.56. The molecule has 0 bridgehead atoms. The maximum Gasteiger partial charge on any atom is 0.240 e. The quantitative estimate of drug-likeness (QED) is 0.266. The molecule has 0 aliphatic rings. The van der Waals surface area contributed by atoms with Crippen molar-refractivity contribution in [2.45, 2.75) is 38.1 Å². The highest BCUT2D eigenvalue weighted by Crippen LogP contribution is 2.06. The van der Waals surface area contributed by atoms with Gasteiger partial charge in [0.05, 0.1) is 11.4 Å². The molecular weight excluding hydrogens is 427 g/mol. The van der Waals surface area contributed by atoms with Crippen LogP contribution in [0.3, 0.4) is 0 Å². The number of halogens is 1. The van der Waals surface area contributed by atoms with Gasteiger partial charge in [-0.2, -0.15) is 0 Å². The molecule has 0 heterocycles. The molecule has 0 aromatic heterocycles. The van der Waals surface area contributed by atoms with Gasteiger partial charge in [0.1, 0.15) is 0 Å². The summed E-state index contributed by atoms with van der Waals surface area (Å²) >= 11 is 0. The van der Waals surface area contributed by atoms with Gasteiger partial charge in [-0.1, -0.05) is 18.2 Å². The van der Waals surface area contributed by atoms with Crippen molar-refractivity contribution in [3.05, 3.63) is 30.3 Å². The van der Waals surface area contributed by atoms with Crippen molar-refractivity contribution in [2.24, 2.45) is 4.99 Å². The molecule has 1 rings (SSSR count). The van der Waals surface area contributed by atoms with Gasteiger partial charge in [0.2, 0.25) is 10.0 Å². The average Bonchev–Trinajstić information content (AvgIpc) is 2.43. The largest absolute Gasteiger partial charge is 0.357 e. The molecule has 1 aromatic rings. The van der Waals surface area contributed by atoms with E-state index < -0.39 is 10.0 Å². The van der Waals surface area contributed by atoms with Crippen LogP contribution in [-0.4, -0.2) is 39.6 Å². The van der Waals surface area contributed by atoms with Gasteiger partial charge in [0.25, 0.3) is 0 Å². The number of rotatable bonds is 6. The van der Waals surface area contributed by atoms with E-state index in [9.17, 15) is 8.42 Å². The fourth-order valence-electron chi connectivity index (χ4n) is 1.69. The summed E-state index contributed by atoms with van der Waals surface area (Å²) in [4.78, 5) is 4.63. The van der Waals surface area contributed by atoms with E-state index in [1.165, 1.54) is 0 Å². The molecule has 23 heavy (non-hydrogen) atoms. The van der Waals surface area contributed by atoms with Crippen molar-refractivity contribution in [2.75, 3.05) is 19.6 Å². The molecular formula is C15H27IN4O2S. The monoisotopic (exact) mass is 454 g/mol. The van der Waals surface area contributed by atoms with Crippen molar-refractivity contribution < 1.29 is 8.42 Å². The van der Waals surface area contributed by atoms with E-state index >= 15 is 0 Å². The Hall–Kier alpha value is -0.870. The number of nitrogens with one attached hydrogen (secondary N) is 3. The first kappa shape index (κ1) is 22.1. The number of nitrogens with zero attached hydrogens (tertiary/aromatic N) is 1. The molecule has 6 nitrogen and oxygen atoms in total. The van der Waals surface area contributed by atoms with E-state index in [0.29, 0.717) is 12.5 Å². The van der Waals surface area contributed by atoms with Crippen LogP contribution < -0.4 is 15.4 Å². The molecule has 0 saturated heterocycles. The van der Waals surface area contributed by atoms with Gasteiger partial charge >= 0.3 is 0 Å². The number of guanidine groups is 1. The third kappa shape index (κ3) is 9.11. The summed E-state index contributed by atoms with van der Waals surface area (Å²) in [7, 11) is -3.47. The summed E-state index contributed by atoms with van der Waals surface area (Å²) in [5, 5.41) is 6.38. The Morgan fingerprint density at radius 1 is 1.17 bits per heavy atom. The summed E-state index contributed by atoms with van der Waals surface area (Å²) in [5.74, 6) is 0.675. The molecule has 0 fully saturated rings. The van der Waals surface area contributed by atoms with Crippen LogP contribution in [0.15, 0.2) is 40.2 Å². The normalized spacial score (nSPS) is 12.4. The van der Waals surface area contributed by atoms with Crippen LogP contribution in [0.2, 0.25) is 0 Å². The molecule has 3 N–H and O–H groups in total. The first-order valence-corrected chi connectivity index (χ1v) is 8.84. The van der Waals surface area contributed by atoms with E-state index in [1.807, 2.05) is 27.7 Å². The topological polar surface area (TPSA) is 82.6 Å². The Morgan fingerprint density at radius 3 is 2.30 bits per heavy atom. The first-order chi connectivity index (χ1) is 10.2. The maximum absolute atomic E-state index is 12.0. The number of hydrogen-bond acceptors (Lipinski definition) is 3. The van der Waals surface area contributed by atoms with Crippen molar-refractivity contribution in [1.82, 2.24) is 15.4 Å². The lowest BCUT2D eigenvalue weighted by atomic mass is 10.1. The number of benzene rings is 1. The van der Waals surface area contributed by atoms with Crippen molar-refractivity contribution in [1.29, 1.82) is 0 Å². The van der Waals surface area contributed by atoms with Gasteiger partial charge in [-0.15, -0.1) is 24.0 Å². The lowest BCUT2D eigenvalue weighted by Gasteiger charge is -2.23. The van der Waals surface area contributed by atoms with Gasteiger partial charge < -0.3 is 10.6 Å². The van der Waals surface area contributed by atoms with Crippen LogP contribution in [0.25, 0.3) is 0 Å². The van der Waals surface area contributed by atoms with Crippen molar-refractivity contribution in [3.63, 3.8) is 0 Å². The van der Waals surface area contributed by atoms with Crippen LogP contribution >= 0.6 is 24.0 Å². The standard InChI is InChI=1S/C15H26N4O2S.HI/c1-5-16-14(19-15(2,3)4)17-11-12-18-22(20,21)13-9-7-6-8-10-13;/h6-10,18H,5,11-12H2,1-4H3,(H2,16,17,19);1H. The molecule has 1 aromatic carbocycles. The summed E-state index contributed by atoms with van der Waals surface area (Å²) in [6.45, 7) is 9.46. The molecule has 0 saturated carbocycles. The Labute approximate surface area is 156 Å². The van der Waals surface area contributed by atoms with Gasteiger partial charge in [0, 0.05) is 18.6 Å². The van der Waals surface area contributed by atoms with Crippen LogP contribution in [0.5, 0.6) is 0 Å². The second-order valence-corrected chi connectivity index (χ2v) is 7.61. The lowest BCUT2D eigenvalue weighted by Crippen LogP contribution is -2.47. The highest BCUT2D eigenvalue weighted by molar-refractivity contribution is 14.0. The minimum absolute atomic E-state index is 0. The maximum atomic E-state index is 12.0. The van der Waals surface area contributed by atoms with E-state index in [2.05, 4.69) is 20.3 Å². The number of hydrogen-bond donors (Lipinski definition) is 3. The van der Waals surface area contributed by atoms with E-state index in [0.717, 1.165) is 6.54 Å². The van der Waals surface area contributed by atoms with Crippen molar-refractivity contribution >= 4 is 40.0 Å². The Bertz CT molecular complexity index is 583. The van der Waals surface area contributed by atoms with Gasteiger partial charge in [-0.25, -0.2) is 13.1 Å². The van der Waals surface area contributed by atoms with Crippen LogP contribution in [0.1, 0.15) is 27.7 Å². The minimum atomic E-state index is -3.47. The zero-order chi connectivity index (χ0) is 16.6. The Morgan fingerprint density at radius 2 is 1.78 bits per heavy atom. The van der Waals surface area contributed by atoms with Gasteiger partial charge in [-0.3, -0.25) is 4.99 Å². The smallest absolute Gasteiger partial charge is 0.240 e. The van der Waals surface area contributed by atoms with E-state index in [1.54, 1.807) is 30.3 Å². The fraction of sp³-hybridized carbons (Fsp3) is 0.533. The van der Waals surface area contributed by atoms with E-state index in [-0.39, 0.29) is 41.0 Å². The second-order valence-electron chi connectivity index (χ2n) is 5.85. The SMILES string of the molecule is CCNC(=NCCNS(=O)(=O)c1ccccc1)NC(C)(C)C.I. The zero-order valence-corrected chi connectivity index (χ0v) is 17.2. The second kappa shape index (κ2) is 10.1. The highest BCUT2D eigenvalue weighted by atomic mass is 127. The lowest BCUT2D eigenvalue weighted by molar-refractivity contribution is 0.501. The van der Waals surface area contributed by atoms with Gasteiger partial charge in [0.15, 0.2) is 5.96 Å². The summed E-state index contributed by atoms with van der Waals surface area (Å²) in [5.41, 5.74) is -0.107. The molecule has 0 unspecified atom stereocenters. The van der Waals surface area contributed by atoms with Crippen LogP contribution in [0, 0.1) is 0 Å². The Balaban J connectivity index is 0.00000484. The molecule has 0 spiro atoms. The Kier molecular flexibility index (Phi) is 9.71. The van der Waals surface area contributed by atoms with E-state index in [4.69, 9.17) is 0 Å². The average molecular weight is 454 g/mol. The molecule has 0 amide bonds. The number of aliphatic imine (C=N–C) groups is 1. The third-order valence-corrected chi connectivity index (χ3v) is 4.04. The summed E-state index contributed by atoms with van der Waals surface area (Å²) < 4.78 is 26.6. The van der Waals surface area contributed by atoms with Crippen LogP contribution in [-0.2, 0) is 10.0 Å². The summed E-state index contributed by atoms with van der Waals surface area (Å²) in [6.07, 6.45) is 0. The number of sulfonamides is 1. The van der Waals surface area contributed by atoms with Crippen LogP contribution in [0.4, 0.5) is 0 Å². The molecule has 0 aliphatic heterocycles. The predicted octanol–water partition coefficient (Wildman–Crippen LogP) is 1.94. The summed E-state index contributed by atoms with van der Waals surface area (Å²) in [6, 6.07) is 8.31. The predicted molar refractivity (Wildman–Crippen MR) is 106 cm³/mol. The molecule has 0 radical (unpaired) electrons.